The first-order chi connectivity index (χ1) is 6.63. The number of carboxylic acid groups (broad SMARTS) is 1. The van der Waals surface area contributed by atoms with Crippen LogP contribution >= 0.6 is 0 Å². The van der Waals surface area contributed by atoms with Gasteiger partial charge in [-0.05, 0) is 23.8 Å². The van der Waals surface area contributed by atoms with E-state index in [0.29, 0.717) is 5.56 Å². The Balaban J connectivity index is 3.08. The normalized spacial score (nSPS) is 10.6. The van der Waals surface area contributed by atoms with Crippen molar-refractivity contribution in [3.63, 3.8) is 0 Å². The molecule has 1 aromatic rings. The van der Waals surface area contributed by atoms with E-state index in [9.17, 15) is 4.79 Å². The van der Waals surface area contributed by atoms with Crippen molar-refractivity contribution in [1.29, 1.82) is 5.26 Å². The van der Waals surface area contributed by atoms with E-state index in [1.807, 2.05) is 0 Å². The topological polar surface area (TPSA) is 81.3 Å². The molecule has 0 heterocycles. The first kappa shape index (κ1) is 9.81. The van der Waals surface area contributed by atoms with E-state index in [1.54, 1.807) is 18.2 Å². The van der Waals surface area contributed by atoms with Gasteiger partial charge in [0.1, 0.15) is 17.4 Å². The molecule has 4 nitrogen and oxygen atoms in total. The Morgan fingerprint density at radius 2 is 2.21 bits per heavy atom. The molecule has 0 spiro atoms. The van der Waals surface area contributed by atoms with Crippen molar-refractivity contribution < 1.29 is 15.0 Å². The Morgan fingerprint density at radius 3 is 2.71 bits per heavy atom. The minimum atomic E-state index is -1.28. The second-order valence-electron chi connectivity index (χ2n) is 2.57. The zero-order valence-electron chi connectivity index (χ0n) is 7.14. The van der Waals surface area contributed by atoms with Gasteiger partial charge in [-0.3, -0.25) is 0 Å². The van der Waals surface area contributed by atoms with Crippen molar-refractivity contribution in [2.75, 3.05) is 0 Å². The molecule has 0 aliphatic carbocycles. The van der Waals surface area contributed by atoms with Gasteiger partial charge in [0.2, 0.25) is 0 Å². The van der Waals surface area contributed by atoms with Crippen LogP contribution in [0.4, 0.5) is 0 Å². The molecule has 0 saturated carbocycles. The molecule has 0 saturated heterocycles. The van der Waals surface area contributed by atoms with Gasteiger partial charge in [-0.1, -0.05) is 12.1 Å². The molecule has 0 aliphatic rings. The van der Waals surface area contributed by atoms with Gasteiger partial charge in [0.05, 0.1) is 0 Å². The van der Waals surface area contributed by atoms with Crippen molar-refractivity contribution in [1.82, 2.24) is 0 Å². The number of carbonyl (C=O) groups is 1. The Hall–Kier alpha value is -2.28. The molecule has 2 N–H and O–H groups in total. The molecule has 70 valence electrons. The number of hydrogen-bond donors (Lipinski definition) is 2. The van der Waals surface area contributed by atoms with Crippen LogP contribution < -0.4 is 0 Å². The van der Waals surface area contributed by atoms with Gasteiger partial charge in [0.25, 0.3) is 0 Å². The molecule has 0 unspecified atom stereocenters. The van der Waals surface area contributed by atoms with Gasteiger partial charge >= 0.3 is 5.97 Å². The first-order valence-electron chi connectivity index (χ1n) is 3.77. The average molecular weight is 189 g/mol. The van der Waals surface area contributed by atoms with Crippen molar-refractivity contribution in [3.05, 3.63) is 35.4 Å². The maximum atomic E-state index is 10.5. The maximum absolute atomic E-state index is 10.5. The second kappa shape index (κ2) is 4.10. The minimum Gasteiger partial charge on any atom is -0.508 e. The lowest BCUT2D eigenvalue weighted by molar-refractivity contribution is -0.132. The Bertz CT molecular complexity index is 429. The smallest absolute Gasteiger partial charge is 0.346 e. The fourth-order valence-electron chi connectivity index (χ4n) is 0.923. The van der Waals surface area contributed by atoms with E-state index in [0.717, 1.165) is 0 Å². The lowest BCUT2D eigenvalue weighted by Gasteiger charge is -1.95. The predicted octanol–water partition coefficient (Wildman–Crippen LogP) is 1.38. The van der Waals surface area contributed by atoms with Crippen LogP contribution in [0, 0.1) is 11.3 Å². The zero-order chi connectivity index (χ0) is 10.6. The van der Waals surface area contributed by atoms with Crippen LogP contribution in [0.5, 0.6) is 5.75 Å². The third kappa shape index (κ3) is 2.35. The monoisotopic (exact) mass is 189 g/mol. The molecule has 1 rings (SSSR count). The highest BCUT2D eigenvalue weighted by Gasteiger charge is 2.05. The van der Waals surface area contributed by atoms with Crippen LogP contribution in [0.15, 0.2) is 29.8 Å². The number of carboxylic acids is 1. The van der Waals surface area contributed by atoms with Gasteiger partial charge in [0.15, 0.2) is 0 Å². The summed E-state index contributed by atoms with van der Waals surface area (Å²) < 4.78 is 0. The molecule has 0 fully saturated rings. The highest BCUT2D eigenvalue weighted by Crippen LogP contribution is 2.13. The van der Waals surface area contributed by atoms with Gasteiger partial charge in [-0.2, -0.15) is 5.26 Å². The van der Waals surface area contributed by atoms with Crippen molar-refractivity contribution in [2.45, 2.75) is 0 Å². The fraction of sp³-hybridized carbons (Fsp3) is 0. The van der Waals surface area contributed by atoms with Crippen LogP contribution in [-0.4, -0.2) is 16.2 Å². The fourth-order valence-corrected chi connectivity index (χ4v) is 0.923. The van der Waals surface area contributed by atoms with Crippen molar-refractivity contribution in [3.8, 4) is 11.8 Å². The molecule has 0 bridgehead atoms. The van der Waals surface area contributed by atoms with Gasteiger partial charge < -0.3 is 10.2 Å². The highest BCUT2D eigenvalue weighted by atomic mass is 16.4. The molecular formula is C10H7NO3. The van der Waals surface area contributed by atoms with E-state index >= 15 is 0 Å². The van der Waals surface area contributed by atoms with Crippen LogP contribution in [-0.2, 0) is 4.79 Å². The Labute approximate surface area is 80.3 Å². The van der Waals surface area contributed by atoms with E-state index < -0.39 is 5.97 Å². The second-order valence-corrected chi connectivity index (χ2v) is 2.57. The van der Waals surface area contributed by atoms with Crippen LogP contribution in [0.1, 0.15) is 5.56 Å². The number of aliphatic carboxylic acids is 1. The Morgan fingerprint density at radius 1 is 1.50 bits per heavy atom. The van der Waals surface area contributed by atoms with E-state index in [-0.39, 0.29) is 11.3 Å². The number of phenolic OH excluding ortho intramolecular Hbond substituents is 1. The van der Waals surface area contributed by atoms with Crippen LogP contribution in [0.25, 0.3) is 6.08 Å². The average Bonchev–Trinajstić information content (AvgIpc) is 2.14. The summed E-state index contributed by atoms with van der Waals surface area (Å²) in [7, 11) is 0. The summed E-state index contributed by atoms with van der Waals surface area (Å²) in [6.07, 6.45) is 1.20. The lowest BCUT2D eigenvalue weighted by Crippen LogP contribution is -1.97. The largest absolute Gasteiger partial charge is 0.508 e. The Kier molecular flexibility index (Phi) is 2.87. The first-order valence-corrected chi connectivity index (χ1v) is 3.77. The third-order valence-electron chi connectivity index (χ3n) is 1.53. The summed E-state index contributed by atoms with van der Waals surface area (Å²) in [5.41, 5.74) is 0.111. The van der Waals surface area contributed by atoms with Crippen LogP contribution in [0.3, 0.4) is 0 Å². The van der Waals surface area contributed by atoms with Crippen molar-refractivity contribution in [2.24, 2.45) is 0 Å². The number of phenols is 1. The summed E-state index contributed by atoms with van der Waals surface area (Å²) >= 11 is 0. The molecule has 0 aromatic heterocycles. The molecule has 1 aromatic carbocycles. The molecule has 0 aliphatic heterocycles. The predicted molar refractivity (Wildman–Crippen MR) is 49.3 cm³/mol. The molecular weight excluding hydrogens is 182 g/mol. The summed E-state index contributed by atoms with van der Waals surface area (Å²) in [6.45, 7) is 0. The SMILES string of the molecule is N#C/C(=C/c1cccc(O)c1)C(=O)O. The van der Waals surface area contributed by atoms with Crippen molar-refractivity contribution >= 4 is 12.0 Å². The standard InChI is InChI=1S/C10H7NO3/c11-6-8(10(13)14)4-7-2-1-3-9(12)5-7/h1-5,12H,(H,13,14)/b8-4-. The lowest BCUT2D eigenvalue weighted by atomic mass is 10.1. The number of nitrogens with zero attached hydrogens (tertiary/aromatic N) is 1. The molecule has 0 atom stereocenters. The van der Waals surface area contributed by atoms with E-state index in [1.165, 1.54) is 18.2 Å². The highest BCUT2D eigenvalue weighted by molar-refractivity contribution is 5.96. The molecule has 0 radical (unpaired) electrons. The maximum Gasteiger partial charge on any atom is 0.346 e. The number of aromatic hydroxyl groups is 1. The number of benzene rings is 1. The molecule has 14 heavy (non-hydrogen) atoms. The summed E-state index contributed by atoms with van der Waals surface area (Å²) in [6, 6.07) is 7.55. The van der Waals surface area contributed by atoms with Gasteiger partial charge in [-0.15, -0.1) is 0 Å². The van der Waals surface area contributed by atoms with Crippen LogP contribution in [0.2, 0.25) is 0 Å². The van der Waals surface area contributed by atoms with E-state index in [2.05, 4.69) is 0 Å². The number of rotatable bonds is 2. The minimum absolute atomic E-state index is 0.0291. The number of nitriles is 1. The zero-order valence-corrected chi connectivity index (χ0v) is 7.14. The quantitative estimate of drug-likeness (QED) is 0.544. The summed E-state index contributed by atoms with van der Waals surface area (Å²) in [4.78, 5) is 10.5. The third-order valence-corrected chi connectivity index (χ3v) is 1.53. The van der Waals surface area contributed by atoms with Gasteiger partial charge in [0, 0.05) is 0 Å². The summed E-state index contributed by atoms with van der Waals surface area (Å²) in [5, 5.41) is 26.1. The molecule has 0 amide bonds. The molecule has 4 heteroatoms. The van der Waals surface area contributed by atoms with Gasteiger partial charge in [-0.25, -0.2) is 4.79 Å². The van der Waals surface area contributed by atoms with E-state index in [4.69, 9.17) is 15.5 Å². The summed E-state index contributed by atoms with van der Waals surface area (Å²) in [5.74, 6) is -1.25. The number of hydrogen-bond acceptors (Lipinski definition) is 3.